The molecule has 0 saturated carbocycles. The van der Waals surface area contributed by atoms with E-state index in [1.54, 1.807) is 23.1 Å². The zero-order chi connectivity index (χ0) is 17.0. The molecule has 1 amide bonds. The smallest absolute Gasteiger partial charge is 0.306 e. The van der Waals surface area contributed by atoms with Crippen LogP contribution < -0.4 is 4.74 Å². The standard InChI is InChI=1S/C16H20ClNO5/c1-10(2)23-14-4-3-11(17)7-13(14)16(21)18-5-6-22-12(9-18)8-15(19)20/h3-4,7,10,12H,5-6,8-9H2,1-2H3,(H,19,20). The van der Waals surface area contributed by atoms with Gasteiger partial charge in [0, 0.05) is 18.1 Å². The summed E-state index contributed by atoms with van der Waals surface area (Å²) in [5.41, 5.74) is 0.377. The number of nitrogens with zero attached hydrogens (tertiary/aromatic N) is 1. The Kier molecular flexibility index (Phi) is 5.85. The van der Waals surface area contributed by atoms with Crippen molar-refractivity contribution >= 4 is 23.5 Å². The quantitative estimate of drug-likeness (QED) is 0.890. The molecule has 0 bridgehead atoms. The van der Waals surface area contributed by atoms with Crippen molar-refractivity contribution in [3.05, 3.63) is 28.8 Å². The third-order valence-electron chi connectivity index (χ3n) is 3.36. The van der Waals surface area contributed by atoms with E-state index in [-0.39, 0.29) is 25.0 Å². The Morgan fingerprint density at radius 1 is 1.48 bits per heavy atom. The lowest BCUT2D eigenvalue weighted by Crippen LogP contribution is -2.46. The number of morpholine rings is 1. The van der Waals surface area contributed by atoms with E-state index in [1.165, 1.54) is 0 Å². The number of carboxylic acid groups (broad SMARTS) is 1. The van der Waals surface area contributed by atoms with Crippen LogP contribution in [0.15, 0.2) is 18.2 Å². The summed E-state index contributed by atoms with van der Waals surface area (Å²) in [6, 6.07) is 4.91. The lowest BCUT2D eigenvalue weighted by atomic mass is 10.1. The summed E-state index contributed by atoms with van der Waals surface area (Å²) < 4.78 is 11.1. The van der Waals surface area contributed by atoms with Crippen molar-refractivity contribution in [3.63, 3.8) is 0 Å². The van der Waals surface area contributed by atoms with Gasteiger partial charge in [0.15, 0.2) is 0 Å². The molecule has 7 heteroatoms. The average molecular weight is 342 g/mol. The van der Waals surface area contributed by atoms with Gasteiger partial charge >= 0.3 is 5.97 Å². The second-order valence-corrected chi connectivity index (χ2v) is 6.09. The SMILES string of the molecule is CC(C)Oc1ccc(Cl)cc1C(=O)N1CCOC(CC(=O)O)C1. The monoisotopic (exact) mass is 341 g/mol. The van der Waals surface area contributed by atoms with Gasteiger partial charge in [-0.3, -0.25) is 9.59 Å². The first kappa shape index (κ1) is 17.6. The van der Waals surface area contributed by atoms with Gasteiger partial charge in [0.05, 0.1) is 30.8 Å². The van der Waals surface area contributed by atoms with Crippen LogP contribution in [0.25, 0.3) is 0 Å². The van der Waals surface area contributed by atoms with E-state index in [0.29, 0.717) is 29.5 Å². The van der Waals surface area contributed by atoms with Crippen LogP contribution in [0.5, 0.6) is 5.75 Å². The van der Waals surface area contributed by atoms with Crippen LogP contribution in [-0.4, -0.2) is 53.8 Å². The van der Waals surface area contributed by atoms with E-state index < -0.39 is 12.1 Å². The third-order valence-corrected chi connectivity index (χ3v) is 3.60. The summed E-state index contributed by atoms with van der Waals surface area (Å²) in [5.74, 6) is -0.714. The Hall–Kier alpha value is -1.79. The topological polar surface area (TPSA) is 76.1 Å². The van der Waals surface area contributed by atoms with Crippen molar-refractivity contribution in [1.82, 2.24) is 4.90 Å². The first-order valence-corrected chi connectivity index (χ1v) is 7.83. The molecule has 1 fully saturated rings. The van der Waals surface area contributed by atoms with E-state index in [9.17, 15) is 9.59 Å². The minimum atomic E-state index is -0.948. The van der Waals surface area contributed by atoms with Crippen molar-refractivity contribution < 1.29 is 24.2 Å². The fourth-order valence-electron chi connectivity index (χ4n) is 2.42. The third kappa shape index (κ3) is 4.84. The van der Waals surface area contributed by atoms with Crippen LogP contribution in [0, 0.1) is 0 Å². The zero-order valence-corrected chi connectivity index (χ0v) is 13.9. The van der Waals surface area contributed by atoms with E-state index in [1.807, 2.05) is 13.8 Å². The molecule has 1 aliphatic rings. The number of rotatable bonds is 5. The molecule has 0 spiro atoms. The van der Waals surface area contributed by atoms with E-state index in [0.717, 1.165) is 0 Å². The number of carboxylic acids is 1. The maximum Gasteiger partial charge on any atom is 0.306 e. The van der Waals surface area contributed by atoms with Gasteiger partial charge in [-0.05, 0) is 32.0 Å². The number of carbonyl (C=O) groups excluding carboxylic acids is 1. The maximum absolute atomic E-state index is 12.8. The Morgan fingerprint density at radius 3 is 2.87 bits per heavy atom. The molecule has 1 atom stereocenters. The summed E-state index contributed by atoms with van der Waals surface area (Å²) in [4.78, 5) is 25.2. The number of hydrogen-bond donors (Lipinski definition) is 1. The number of hydrogen-bond acceptors (Lipinski definition) is 4. The predicted octanol–water partition coefficient (Wildman–Crippen LogP) is 2.44. The van der Waals surface area contributed by atoms with Crippen molar-refractivity contribution in [2.75, 3.05) is 19.7 Å². The maximum atomic E-state index is 12.8. The molecular formula is C16H20ClNO5. The molecule has 1 heterocycles. The molecule has 1 aromatic carbocycles. The minimum absolute atomic E-state index is 0.0767. The van der Waals surface area contributed by atoms with E-state index >= 15 is 0 Å². The number of halogens is 1. The van der Waals surface area contributed by atoms with Crippen LogP contribution in [-0.2, 0) is 9.53 Å². The summed E-state index contributed by atoms with van der Waals surface area (Å²) in [7, 11) is 0. The molecule has 1 aliphatic heterocycles. The Balaban J connectivity index is 2.18. The van der Waals surface area contributed by atoms with Gasteiger partial charge in [-0.15, -0.1) is 0 Å². The molecule has 0 aromatic heterocycles. The number of benzene rings is 1. The fourth-order valence-corrected chi connectivity index (χ4v) is 2.59. The highest BCUT2D eigenvalue weighted by Crippen LogP contribution is 2.26. The van der Waals surface area contributed by atoms with Crippen LogP contribution in [0.4, 0.5) is 0 Å². The predicted molar refractivity (Wildman–Crippen MR) is 85.1 cm³/mol. The van der Waals surface area contributed by atoms with Gasteiger partial charge in [0.2, 0.25) is 0 Å². The molecule has 23 heavy (non-hydrogen) atoms. The first-order chi connectivity index (χ1) is 10.9. The molecule has 0 radical (unpaired) electrons. The first-order valence-electron chi connectivity index (χ1n) is 7.45. The highest BCUT2D eigenvalue weighted by molar-refractivity contribution is 6.31. The molecule has 126 valence electrons. The van der Waals surface area contributed by atoms with Crippen molar-refractivity contribution in [1.29, 1.82) is 0 Å². The van der Waals surface area contributed by atoms with Crippen molar-refractivity contribution in [3.8, 4) is 5.75 Å². The molecule has 6 nitrogen and oxygen atoms in total. The molecule has 2 rings (SSSR count). The van der Waals surface area contributed by atoms with Crippen molar-refractivity contribution in [2.24, 2.45) is 0 Å². The number of ether oxygens (including phenoxy) is 2. The normalized spacial score (nSPS) is 18.1. The highest BCUT2D eigenvalue weighted by atomic mass is 35.5. The van der Waals surface area contributed by atoms with Gasteiger partial charge in [-0.25, -0.2) is 0 Å². The van der Waals surface area contributed by atoms with Gasteiger partial charge in [0.25, 0.3) is 5.91 Å². The van der Waals surface area contributed by atoms with Crippen LogP contribution >= 0.6 is 11.6 Å². The van der Waals surface area contributed by atoms with Gasteiger partial charge in [-0.1, -0.05) is 11.6 Å². The highest BCUT2D eigenvalue weighted by Gasteiger charge is 2.28. The summed E-state index contributed by atoms with van der Waals surface area (Å²) in [6.07, 6.45) is -0.708. The number of carbonyl (C=O) groups is 2. The second kappa shape index (κ2) is 7.66. The van der Waals surface area contributed by atoms with Gasteiger partial charge in [-0.2, -0.15) is 0 Å². The average Bonchev–Trinajstić information content (AvgIpc) is 2.47. The van der Waals surface area contributed by atoms with Gasteiger partial charge in [0.1, 0.15) is 5.75 Å². The van der Waals surface area contributed by atoms with Crippen LogP contribution in [0.1, 0.15) is 30.6 Å². The number of amides is 1. The summed E-state index contributed by atoms with van der Waals surface area (Å²) >= 11 is 6.01. The van der Waals surface area contributed by atoms with Crippen LogP contribution in [0.3, 0.4) is 0 Å². The van der Waals surface area contributed by atoms with Crippen molar-refractivity contribution in [2.45, 2.75) is 32.5 Å². The van der Waals surface area contributed by atoms with E-state index in [4.69, 9.17) is 26.2 Å². The largest absolute Gasteiger partial charge is 0.490 e. The summed E-state index contributed by atoms with van der Waals surface area (Å²) in [5, 5.41) is 9.31. The molecule has 1 unspecified atom stereocenters. The lowest BCUT2D eigenvalue weighted by molar-refractivity contribution is -0.141. The molecule has 1 aromatic rings. The van der Waals surface area contributed by atoms with E-state index in [2.05, 4.69) is 0 Å². The molecule has 1 saturated heterocycles. The zero-order valence-electron chi connectivity index (χ0n) is 13.1. The van der Waals surface area contributed by atoms with Gasteiger partial charge < -0.3 is 19.5 Å². The summed E-state index contributed by atoms with van der Waals surface area (Å²) in [6.45, 7) is 4.70. The molecular weight excluding hydrogens is 322 g/mol. The Morgan fingerprint density at radius 2 is 2.22 bits per heavy atom. The minimum Gasteiger partial charge on any atom is -0.490 e. The Labute approximate surface area is 139 Å². The lowest BCUT2D eigenvalue weighted by Gasteiger charge is -2.32. The van der Waals surface area contributed by atoms with Crippen LogP contribution in [0.2, 0.25) is 5.02 Å². The Bertz CT molecular complexity index is 590. The number of aliphatic carboxylic acids is 1. The molecule has 1 N–H and O–H groups in total. The fraction of sp³-hybridized carbons (Fsp3) is 0.500. The molecule has 0 aliphatic carbocycles. The second-order valence-electron chi connectivity index (χ2n) is 5.65.